The first-order valence-electron chi connectivity index (χ1n) is 7.53. The molecule has 1 aliphatic rings. The fraction of sp³-hybridized carbons (Fsp3) is 0.500. The number of phenolic OH excluding ortho intramolecular Hbond substituents is 1. The summed E-state index contributed by atoms with van der Waals surface area (Å²) < 4.78 is 5.07. The molecule has 2 atom stereocenters. The van der Waals surface area contributed by atoms with E-state index in [1.54, 1.807) is 13.0 Å². The van der Waals surface area contributed by atoms with Gasteiger partial charge in [-0.05, 0) is 37.5 Å². The van der Waals surface area contributed by atoms with Crippen molar-refractivity contribution in [2.24, 2.45) is 5.41 Å². The standard InChI is InChI=1S/C16H19NO6/c1-2-23-15(20)16(8-4-7-14(16)19)13(10-17(21)22)11-5-3-6-12(18)9-11/h3,5-6,9,13,18H,2,4,7-8,10H2,1H3/t13-,16+/m1/s1. The van der Waals surface area contributed by atoms with E-state index in [1.165, 1.54) is 18.2 Å². The molecule has 0 spiro atoms. The predicted octanol–water partition coefficient (Wildman–Crippen LogP) is 2.05. The zero-order valence-corrected chi connectivity index (χ0v) is 12.9. The zero-order valence-electron chi connectivity index (χ0n) is 12.9. The van der Waals surface area contributed by atoms with Gasteiger partial charge in [-0.2, -0.15) is 0 Å². The van der Waals surface area contributed by atoms with Gasteiger partial charge >= 0.3 is 5.97 Å². The molecule has 1 N–H and O–H groups in total. The molecular formula is C16H19NO6. The summed E-state index contributed by atoms with van der Waals surface area (Å²) in [6.07, 6.45) is 0.912. The number of rotatable bonds is 6. The molecule has 1 fully saturated rings. The van der Waals surface area contributed by atoms with Gasteiger partial charge in [0.2, 0.25) is 6.54 Å². The highest BCUT2D eigenvalue weighted by atomic mass is 16.6. The second-order valence-electron chi connectivity index (χ2n) is 5.63. The summed E-state index contributed by atoms with van der Waals surface area (Å²) in [6, 6.07) is 5.91. The van der Waals surface area contributed by atoms with Crippen molar-refractivity contribution in [3.8, 4) is 5.75 Å². The van der Waals surface area contributed by atoms with Crippen molar-refractivity contribution >= 4 is 11.8 Å². The average molecular weight is 321 g/mol. The monoisotopic (exact) mass is 321 g/mol. The van der Waals surface area contributed by atoms with Gasteiger partial charge in [0.15, 0.2) is 5.78 Å². The molecule has 1 aromatic carbocycles. The number of esters is 1. The van der Waals surface area contributed by atoms with Gasteiger partial charge in [-0.25, -0.2) is 0 Å². The minimum atomic E-state index is -1.54. The molecule has 2 rings (SSSR count). The van der Waals surface area contributed by atoms with Crippen molar-refractivity contribution in [3.05, 3.63) is 39.9 Å². The van der Waals surface area contributed by atoms with Crippen LogP contribution in [0.2, 0.25) is 0 Å². The highest BCUT2D eigenvalue weighted by Gasteiger charge is 2.57. The van der Waals surface area contributed by atoms with Crippen LogP contribution in [0.3, 0.4) is 0 Å². The van der Waals surface area contributed by atoms with E-state index in [-0.39, 0.29) is 31.0 Å². The maximum Gasteiger partial charge on any atom is 0.320 e. The molecule has 1 saturated carbocycles. The van der Waals surface area contributed by atoms with E-state index < -0.39 is 28.8 Å². The van der Waals surface area contributed by atoms with Crippen molar-refractivity contribution in [1.82, 2.24) is 0 Å². The summed E-state index contributed by atoms with van der Waals surface area (Å²) in [5.74, 6) is -2.07. The first-order valence-corrected chi connectivity index (χ1v) is 7.53. The number of ketones is 1. The molecular weight excluding hydrogens is 302 g/mol. The maximum atomic E-state index is 12.5. The van der Waals surface area contributed by atoms with Crippen molar-refractivity contribution < 1.29 is 24.4 Å². The number of hydrogen-bond donors (Lipinski definition) is 1. The van der Waals surface area contributed by atoms with Crippen LogP contribution in [0, 0.1) is 15.5 Å². The Hall–Kier alpha value is -2.44. The van der Waals surface area contributed by atoms with Crippen LogP contribution in [0.25, 0.3) is 0 Å². The van der Waals surface area contributed by atoms with Gasteiger partial charge in [0.1, 0.15) is 11.2 Å². The van der Waals surface area contributed by atoms with Gasteiger partial charge < -0.3 is 9.84 Å². The van der Waals surface area contributed by atoms with E-state index in [9.17, 15) is 24.8 Å². The number of phenols is 1. The summed E-state index contributed by atoms with van der Waals surface area (Å²) in [5.41, 5.74) is -1.15. The lowest BCUT2D eigenvalue weighted by Crippen LogP contribution is -2.44. The summed E-state index contributed by atoms with van der Waals surface area (Å²) in [6.45, 7) is 1.15. The number of hydrogen-bond acceptors (Lipinski definition) is 6. The van der Waals surface area contributed by atoms with Crippen LogP contribution in [0.1, 0.15) is 37.7 Å². The molecule has 0 unspecified atom stereocenters. The second-order valence-corrected chi connectivity index (χ2v) is 5.63. The minimum absolute atomic E-state index is 0.0692. The van der Waals surface area contributed by atoms with Gasteiger partial charge in [0.05, 0.1) is 12.5 Å². The van der Waals surface area contributed by atoms with Crippen LogP contribution < -0.4 is 0 Å². The fourth-order valence-corrected chi connectivity index (χ4v) is 3.31. The quantitative estimate of drug-likeness (QED) is 0.372. The molecule has 1 aromatic rings. The van der Waals surface area contributed by atoms with Crippen LogP contribution >= 0.6 is 0 Å². The third-order valence-electron chi connectivity index (χ3n) is 4.31. The van der Waals surface area contributed by atoms with Gasteiger partial charge in [-0.15, -0.1) is 0 Å². The Morgan fingerprint density at radius 3 is 2.78 bits per heavy atom. The highest BCUT2D eigenvalue weighted by Crippen LogP contribution is 2.48. The Bertz CT molecular complexity index is 629. The number of ether oxygens (including phenoxy) is 1. The lowest BCUT2D eigenvalue weighted by molar-refractivity contribution is -0.485. The Morgan fingerprint density at radius 1 is 1.52 bits per heavy atom. The number of nitrogens with zero attached hydrogens (tertiary/aromatic N) is 1. The zero-order chi connectivity index (χ0) is 17.0. The molecule has 124 valence electrons. The number of nitro groups is 1. The topological polar surface area (TPSA) is 107 Å². The van der Waals surface area contributed by atoms with Crippen LogP contribution in [0.5, 0.6) is 5.75 Å². The van der Waals surface area contributed by atoms with Crippen molar-refractivity contribution in [1.29, 1.82) is 0 Å². The lowest BCUT2D eigenvalue weighted by atomic mass is 9.69. The highest BCUT2D eigenvalue weighted by molar-refractivity contribution is 6.06. The van der Waals surface area contributed by atoms with Crippen LogP contribution in [-0.2, 0) is 14.3 Å². The predicted molar refractivity (Wildman–Crippen MR) is 80.6 cm³/mol. The van der Waals surface area contributed by atoms with Gasteiger partial charge in [0, 0.05) is 11.3 Å². The van der Waals surface area contributed by atoms with E-state index in [1.807, 2.05) is 0 Å². The van der Waals surface area contributed by atoms with Crippen LogP contribution in [0.15, 0.2) is 24.3 Å². The second kappa shape index (κ2) is 6.76. The SMILES string of the molecule is CCOC(=O)[C@]1([C@H](C[N+](=O)[O-])c2cccc(O)c2)CCCC1=O. The molecule has 0 amide bonds. The summed E-state index contributed by atoms with van der Waals surface area (Å²) in [7, 11) is 0. The summed E-state index contributed by atoms with van der Waals surface area (Å²) in [4.78, 5) is 35.6. The molecule has 7 nitrogen and oxygen atoms in total. The van der Waals surface area contributed by atoms with Crippen LogP contribution in [-0.4, -0.2) is 34.9 Å². The van der Waals surface area contributed by atoms with Crippen molar-refractivity contribution in [2.75, 3.05) is 13.2 Å². The van der Waals surface area contributed by atoms with E-state index in [0.717, 1.165) is 0 Å². The van der Waals surface area contributed by atoms with E-state index in [2.05, 4.69) is 0 Å². The number of carbonyl (C=O) groups excluding carboxylic acids is 2. The average Bonchev–Trinajstić information content (AvgIpc) is 2.87. The summed E-state index contributed by atoms with van der Waals surface area (Å²) in [5, 5.41) is 20.8. The number of Topliss-reactive ketones (excluding diaryl/α,β-unsaturated/α-hetero) is 1. The van der Waals surface area contributed by atoms with E-state index in [0.29, 0.717) is 12.0 Å². The Kier molecular flexibility index (Phi) is 4.98. The number of benzene rings is 1. The van der Waals surface area contributed by atoms with E-state index in [4.69, 9.17) is 4.74 Å². The maximum absolute atomic E-state index is 12.5. The first-order chi connectivity index (χ1) is 10.9. The molecule has 0 heterocycles. The smallest absolute Gasteiger partial charge is 0.320 e. The Balaban J connectivity index is 2.55. The Labute approximate surface area is 133 Å². The summed E-state index contributed by atoms with van der Waals surface area (Å²) >= 11 is 0. The molecule has 1 aliphatic carbocycles. The molecule has 23 heavy (non-hydrogen) atoms. The van der Waals surface area contributed by atoms with Gasteiger partial charge in [-0.3, -0.25) is 19.7 Å². The lowest BCUT2D eigenvalue weighted by Gasteiger charge is -2.31. The largest absolute Gasteiger partial charge is 0.508 e. The van der Waals surface area contributed by atoms with Gasteiger partial charge in [-0.1, -0.05) is 12.1 Å². The first kappa shape index (κ1) is 16.9. The third kappa shape index (κ3) is 3.18. The van der Waals surface area contributed by atoms with Gasteiger partial charge in [0.25, 0.3) is 0 Å². The van der Waals surface area contributed by atoms with E-state index >= 15 is 0 Å². The normalized spacial score (nSPS) is 21.9. The molecule has 0 aliphatic heterocycles. The minimum Gasteiger partial charge on any atom is -0.508 e. The Morgan fingerprint density at radius 2 is 2.26 bits per heavy atom. The third-order valence-corrected chi connectivity index (χ3v) is 4.31. The van der Waals surface area contributed by atoms with Crippen molar-refractivity contribution in [3.63, 3.8) is 0 Å². The molecule has 0 saturated heterocycles. The number of aromatic hydroxyl groups is 1. The molecule has 0 aromatic heterocycles. The van der Waals surface area contributed by atoms with Crippen molar-refractivity contribution in [2.45, 2.75) is 32.1 Å². The van der Waals surface area contributed by atoms with Crippen LogP contribution in [0.4, 0.5) is 0 Å². The molecule has 0 bridgehead atoms. The molecule has 7 heteroatoms. The molecule has 0 radical (unpaired) electrons. The fourth-order valence-electron chi connectivity index (χ4n) is 3.31. The number of carbonyl (C=O) groups is 2.